The van der Waals surface area contributed by atoms with Crippen molar-refractivity contribution in [1.82, 2.24) is 19.9 Å². The molecule has 24 heavy (non-hydrogen) atoms. The van der Waals surface area contributed by atoms with E-state index in [9.17, 15) is 0 Å². The van der Waals surface area contributed by atoms with E-state index in [0.717, 1.165) is 39.1 Å². The van der Waals surface area contributed by atoms with Crippen LogP contribution in [-0.4, -0.2) is 40.4 Å². The van der Waals surface area contributed by atoms with Crippen molar-refractivity contribution >= 4 is 6.21 Å². The fourth-order valence-corrected chi connectivity index (χ4v) is 2.90. The molecule has 1 aliphatic rings. The van der Waals surface area contributed by atoms with E-state index < -0.39 is 0 Å². The topological polar surface area (TPSA) is 45.5 Å². The van der Waals surface area contributed by atoms with Crippen LogP contribution in [0.2, 0.25) is 0 Å². The minimum atomic E-state index is 0.910. The smallest absolute Gasteiger partial charge is 0.0945 e. The van der Waals surface area contributed by atoms with Gasteiger partial charge in [-0.3, -0.25) is 5.01 Å². The summed E-state index contributed by atoms with van der Waals surface area (Å²) in [5, 5.41) is 10.3. The number of benzene rings is 1. The molecule has 1 saturated heterocycles. The normalized spacial score (nSPS) is 15.2. The highest BCUT2D eigenvalue weighted by atomic mass is 15.4. The second kappa shape index (κ2) is 9.23. The summed E-state index contributed by atoms with van der Waals surface area (Å²) < 4.78 is 2.11. The summed E-state index contributed by atoms with van der Waals surface area (Å²) >= 11 is 0. The summed E-state index contributed by atoms with van der Waals surface area (Å²) in [5.74, 6) is 0. The van der Waals surface area contributed by atoms with Gasteiger partial charge in [-0.25, -0.2) is 4.98 Å². The molecule has 1 aromatic carbocycles. The van der Waals surface area contributed by atoms with E-state index in [2.05, 4.69) is 49.2 Å². The minimum Gasteiger partial charge on any atom is -0.337 e. The standard InChI is InChI=1S/C19H27N5/c1-2-12-24(13-3-1)22-16-19-7-5-18(6-8-19)15-20-9-4-11-23-14-10-21-17-23/h5-8,10,14,16-17,20H,1-4,9,11-13,15H2/b22-16+. The second-order valence-corrected chi connectivity index (χ2v) is 6.33. The van der Waals surface area contributed by atoms with Gasteiger partial charge in [-0.15, -0.1) is 0 Å². The number of nitrogens with one attached hydrogen (secondary N) is 1. The molecule has 0 aliphatic carbocycles. The Morgan fingerprint density at radius 2 is 1.96 bits per heavy atom. The number of hydrogen-bond acceptors (Lipinski definition) is 4. The van der Waals surface area contributed by atoms with Crippen molar-refractivity contribution < 1.29 is 0 Å². The molecule has 0 saturated carbocycles. The molecule has 0 radical (unpaired) electrons. The van der Waals surface area contributed by atoms with E-state index in [4.69, 9.17) is 0 Å². The number of hydrogen-bond donors (Lipinski definition) is 1. The molecule has 2 aromatic rings. The van der Waals surface area contributed by atoms with Crippen LogP contribution < -0.4 is 5.32 Å². The zero-order chi connectivity index (χ0) is 16.5. The number of nitrogens with zero attached hydrogens (tertiary/aromatic N) is 4. The van der Waals surface area contributed by atoms with E-state index in [-0.39, 0.29) is 0 Å². The SMILES string of the molecule is C(=N\N1CCCCC1)/c1ccc(CNCCCn2ccnc2)cc1. The van der Waals surface area contributed by atoms with Gasteiger partial charge in [-0.2, -0.15) is 5.10 Å². The van der Waals surface area contributed by atoms with Crippen LogP contribution in [0.4, 0.5) is 0 Å². The van der Waals surface area contributed by atoms with Crippen molar-refractivity contribution in [1.29, 1.82) is 0 Å². The summed E-state index contributed by atoms with van der Waals surface area (Å²) in [4.78, 5) is 4.05. The number of piperidine rings is 1. The first-order chi connectivity index (χ1) is 11.9. The number of imidazole rings is 1. The summed E-state index contributed by atoms with van der Waals surface area (Å²) in [6.07, 6.45) is 12.7. The van der Waals surface area contributed by atoms with E-state index in [1.807, 2.05) is 24.9 Å². The van der Waals surface area contributed by atoms with Crippen molar-refractivity contribution in [2.45, 2.75) is 38.8 Å². The largest absolute Gasteiger partial charge is 0.337 e. The van der Waals surface area contributed by atoms with E-state index in [1.165, 1.54) is 30.4 Å². The maximum Gasteiger partial charge on any atom is 0.0945 e. The lowest BCUT2D eigenvalue weighted by Crippen LogP contribution is -2.24. The fraction of sp³-hybridized carbons (Fsp3) is 0.474. The van der Waals surface area contributed by atoms with Crippen LogP contribution in [-0.2, 0) is 13.1 Å². The van der Waals surface area contributed by atoms with E-state index in [1.54, 1.807) is 0 Å². The number of hydrazone groups is 1. The lowest BCUT2D eigenvalue weighted by molar-refractivity contribution is 0.240. The van der Waals surface area contributed by atoms with Gasteiger partial charge >= 0.3 is 0 Å². The summed E-state index contributed by atoms with van der Waals surface area (Å²) in [6, 6.07) is 8.66. The lowest BCUT2D eigenvalue weighted by Gasteiger charge is -2.23. The maximum absolute atomic E-state index is 4.58. The summed E-state index contributed by atoms with van der Waals surface area (Å²) in [5.41, 5.74) is 2.48. The minimum absolute atomic E-state index is 0.910. The third kappa shape index (κ3) is 5.49. The van der Waals surface area contributed by atoms with Crippen LogP contribution in [0.5, 0.6) is 0 Å². The van der Waals surface area contributed by atoms with Crippen molar-refractivity contribution in [3.63, 3.8) is 0 Å². The molecule has 2 heterocycles. The number of aryl methyl sites for hydroxylation is 1. The van der Waals surface area contributed by atoms with Crippen LogP contribution >= 0.6 is 0 Å². The maximum atomic E-state index is 4.58. The molecule has 0 amide bonds. The molecule has 3 rings (SSSR count). The van der Waals surface area contributed by atoms with Gasteiger partial charge in [-0.05, 0) is 43.4 Å². The van der Waals surface area contributed by atoms with Crippen LogP contribution in [0, 0.1) is 0 Å². The zero-order valence-electron chi connectivity index (χ0n) is 14.3. The van der Waals surface area contributed by atoms with Crippen molar-refractivity contribution in [2.24, 2.45) is 5.10 Å². The van der Waals surface area contributed by atoms with Gasteiger partial charge in [-0.1, -0.05) is 24.3 Å². The molecule has 0 atom stereocenters. The Morgan fingerprint density at radius 3 is 2.71 bits per heavy atom. The molecule has 5 heteroatoms. The van der Waals surface area contributed by atoms with Gasteiger partial charge in [0.1, 0.15) is 0 Å². The van der Waals surface area contributed by atoms with Gasteiger partial charge in [0.05, 0.1) is 12.5 Å². The molecule has 0 unspecified atom stereocenters. The van der Waals surface area contributed by atoms with E-state index >= 15 is 0 Å². The van der Waals surface area contributed by atoms with Gasteiger partial charge < -0.3 is 9.88 Å². The molecule has 5 nitrogen and oxygen atoms in total. The molecule has 0 spiro atoms. The molecular weight excluding hydrogens is 298 g/mol. The lowest BCUT2D eigenvalue weighted by atomic mass is 10.1. The Labute approximate surface area is 144 Å². The van der Waals surface area contributed by atoms with Crippen LogP contribution in [0.1, 0.15) is 36.8 Å². The van der Waals surface area contributed by atoms with Gasteiger partial charge in [0.15, 0.2) is 0 Å². The molecule has 0 bridgehead atoms. The molecular formula is C19H27N5. The molecule has 1 N–H and O–H groups in total. The average Bonchev–Trinajstić information content (AvgIpc) is 3.15. The van der Waals surface area contributed by atoms with Crippen LogP contribution in [0.15, 0.2) is 48.1 Å². The first kappa shape index (κ1) is 16.7. The monoisotopic (exact) mass is 325 g/mol. The highest BCUT2D eigenvalue weighted by molar-refractivity contribution is 5.79. The number of aromatic nitrogens is 2. The summed E-state index contributed by atoms with van der Waals surface area (Å²) in [7, 11) is 0. The highest BCUT2D eigenvalue weighted by Gasteiger charge is 2.05. The fourth-order valence-electron chi connectivity index (χ4n) is 2.90. The molecule has 128 valence electrons. The predicted octanol–water partition coefficient (Wildman–Crippen LogP) is 2.88. The Balaban J connectivity index is 1.35. The van der Waals surface area contributed by atoms with Gasteiger partial charge in [0.25, 0.3) is 0 Å². The highest BCUT2D eigenvalue weighted by Crippen LogP contribution is 2.09. The van der Waals surface area contributed by atoms with Gasteiger partial charge in [0, 0.05) is 38.6 Å². The number of rotatable bonds is 8. The summed E-state index contributed by atoms with van der Waals surface area (Å²) in [6.45, 7) is 5.12. The van der Waals surface area contributed by atoms with Crippen molar-refractivity contribution in [3.05, 3.63) is 54.1 Å². The quantitative estimate of drug-likeness (QED) is 0.599. The Bertz CT molecular complexity index is 597. The third-order valence-electron chi connectivity index (χ3n) is 4.34. The van der Waals surface area contributed by atoms with E-state index in [0.29, 0.717) is 0 Å². The predicted molar refractivity (Wildman–Crippen MR) is 98.0 cm³/mol. The molecule has 1 aromatic heterocycles. The Hall–Kier alpha value is -2.14. The Kier molecular flexibility index (Phi) is 6.42. The molecule has 1 aliphatic heterocycles. The third-order valence-corrected chi connectivity index (χ3v) is 4.34. The van der Waals surface area contributed by atoms with Crippen molar-refractivity contribution in [3.8, 4) is 0 Å². The van der Waals surface area contributed by atoms with Crippen LogP contribution in [0.3, 0.4) is 0 Å². The zero-order valence-corrected chi connectivity index (χ0v) is 14.3. The van der Waals surface area contributed by atoms with Gasteiger partial charge in [0.2, 0.25) is 0 Å². The first-order valence-electron chi connectivity index (χ1n) is 8.94. The average molecular weight is 325 g/mol. The van der Waals surface area contributed by atoms with Crippen LogP contribution in [0.25, 0.3) is 0 Å². The second-order valence-electron chi connectivity index (χ2n) is 6.33. The van der Waals surface area contributed by atoms with Crippen molar-refractivity contribution in [2.75, 3.05) is 19.6 Å². The Morgan fingerprint density at radius 1 is 1.12 bits per heavy atom. The molecule has 1 fully saturated rings. The first-order valence-corrected chi connectivity index (χ1v) is 8.94.